The molecule has 0 atom stereocenters. The van der Waals surface area contributed by atoms with E-state index in [2.05, 4.69) is 40.9 Å². The molecule has 0 unspecified atom stereocenters. The molecule has 0 radical (unpaired) electrons. The Morgan fingerprint density at radius 2 is 2.00 bits per heavy atom. The average Bonchev–Trinajstić information content (AvgIpc) is 3.11. The van der Waals surface area contributed by atoms with Gasteiger partial charge in [0.25, 0.3) is 0 Å². The summed E-state index contributed by atoms with van der Waals surface area (Å²) < 4.78 is 2.00. The van der Waals surface area contributed by atoms with Gasteiger partial charge >= 0.3 is 0 Å². The zero-order chi connectivity index (χ0) is 12.2. The molecule has 2 aromatic rings. The van der Waals surface area contributed by atoms with Crippen LogP contribution in [0.15, 0.2) is 42.7 Å². The van der Waals surface area contributed by atoms with E-state index in [1.54, 1.807) is 0 Å². The molecule has 1 aromatic carbocycles. The summed E-state index contributed by atoms with van der Waals surface area (Å²) in [5, 5.41) is 7.89. The molecule has 1 aliphatic rings. The van der Waals surface area contributed by atoms with Crippen LogP contribution in [0.1, 0.15) is 24.0 Å². The van der Waals surface area contributed by atoms with E-state index in [1.807, 2.05) is 16.9 Å². The summed E-state index contributed by atoms with van der Waals surface area (Å²) in [6, 6.07) is 10.4. The lowest BCUT2D eigenvalue weighted by atomic mass is 10.2. The first-order valence-electron chi connectivity index (χ1n) is 6.66. The Hall–Kier alpha value is -1.61. The smallest absolute Gasteiger partial charge is 0.0659 e. The predicted molar refractivity (Wildman–Crippen MR) is 72.2 cm³/mol. The summed E-state index contributed by atoms with van der Waals surface area (Å²) in [4.78, 5) is 0. The van der Waals surface area contributed by atoms with Gasteiger partial charge in [-0.15, -0.1) is 0 Å². The van der Waals surface area contributed by atoms with Gasteiger partial charge in [-0.25, -0.2) is 0 Å². The Morgan fingerprint density at radius 3 is 2.78 bits per heavy atom. The van der Waals surface area contributed by atoms with Crippen molar-refractivity contribution in [3.63, 3.8) is 0 Å². The third kappa shape index (κ3) is 3.20. The highest BCUT2D eigenvalue weighted by atomic mass is 15.3. The Kier molecular flexibility index (Phi) is 3.42. The first kappa shape index (κ1) is 11.5. The van der Waals surface area contributed by atoms with Crippen LogP contribution in [0, 0.1) is 5.92 Å². The molecule has 1 saturated carbocycles. The summed E-state index contributed by atoms with van der Waals surface area (Å²) in [6.07, 6.45) is 6.90. The quantitative estimate of drug-likeness (QED) is 0.841. The molecule has 1 fully saturated rings. The second kappa shape index (κ2) is 5.36. The van der Waals surface area contributed by atoms with Gasteiger partial charge in [0.05, 0.1) is 12.7 Å². The SMILES string of the molecule is c1ccc(Cn2cc(CNCC3CC3)cn2)cc1. The lowest BCUT2D eigenvalue weighted by molar-refractivity contribution is 0.637. The van der Waals surface area contributed by atoms with Crippen molar-refractivity contribution < 1.29 is 0 Å². The van der Waals surface area contributed by atoms with Gasteiger partial charge in [-0.1, -0.05) is 30.3 Å². The summed E-state index contributed by atoms with van der Waals surface area (Å²) in [5.74, 6) is 0.935. The van der Waals surface area contributed by atoms with Crippen LogP contribution in [0.3, 0.4) is 0 Å². The van der Waals surface area contributed by atoms with E-state index in [0.29, 0.717) is 0 Å². The zero-order valence-corrected chi connectivity index (χ0v) is 10.5. The van der Waals surface area contributed by atoms with Crippen LogP contribution in [0.4, 0.5) is 0 Å². The normalized spacial score (nSPS) is 14.9. The molecule has 0 spiro atoms. The van der Waals surface area contributed by atoms with Gasteiger partial charge in [0.15, 0.2) is 0 Å². The van der Waals surface area contributed by atoms with Crippen LogP contribution >= 0.6 is 0 Å². The van der Waals surface area contributed by atoms with Crippen molar-refractivity contribution in [2.45, 2.75) is 25.9 Å². The van der Waals surface area contributed by atoms with Crippen LogP contribution in [-0.4, -0.2) is 16.3 Å². The number of rotatable bonds is 6. The van der Waals surface area contributed by atoms with E-state index in [0.717, 1.165) is 25.6 Å². The maximum absolute atomic E-state index is 4.40. The molecule has 0 saturated heterocycles. The summed E-state index contributed by atoms with van der Waals surface area (Å²) in [7, 11) is 0. The number of hydrogen-bond donors (Lipinski definition) is 1. The molecule has 0 bridgehead atoms. The predicted octanol–water partition coefficient (Wildman–Crippen LogP) is 2.43. The maximum Gasteiger partial charge on any atom is 0.0659 e. The second-order valence-corrected chi connectivity index (χ2v) is 5.11. The number of nitrogens with one attached hydrogen (secondary N) is 1. The molecular formula is C15H19N3. The van der Waals surface area contributed by atoms with E-state index < -0.39 is 0 Å². The van der Waals surface area contributed by atoms with Crippen LogP contribution in [0.5, 0.6) is 0 Å². The molecule has 1 aromatic heterocycles. The third-order valence-corrected chi connectivity index (χ3v) is 3.33. The summed E-state index contributed by atoms with van der Waals surface area (Å²) in [6.45, 7) is 2.94. The molecule has 3 nitrogen and oxygen atoms in total. The highest BCUT2D eigenvalue weighted by Crippen LogP contribution is 2.27. The highest BCUT2D eigenvalue weighted by molar-refractivity contribution is 5.15. The molecule has 3 rings (SSSR count). The third-order valence-electron chi connectivity index (χ3n) is 3.33. The molecular weight excluding hydrogens is 222 g/mol. The number of hydrogen-bond acceptors (Lipinski definition) is 2. The van der Waals surface area contributed by atoms with Gasteiger partial charge in [-0.3, -0.25) is 4.68 Å². The Bertz CT molecular complexity index is 485. The zero-order valence-electron chi connectivity index (χ0n) is 10.5. The topological polar surface area (TPSA) is 29.9 Å². The van der Waals surface area contributed by atoms with E-state index >= 15 is 0 Å². The minimum atomic E-state index is 0.851. The molecule has 0 amide bonds. The van der Waals surface area contributed by atoms with Crippen LogP contribution < -0.4 is 5.32 Å². The fourth-order valence-corrected chi connectivity index (χ4v) is 2.10. The fraction of sp³-hybridized carbons (Fsp3) is 0.400. The van der Waals surface area contributed by atoms with Crippen molar-refractivity contribution in [2.75, 3.05) is 6.54 Å². The van der Waals surface area contributed by atoms with Gasteiger partial charge in [0, 0.05) is 18.3 Å². The number of nitrogens with zero attached hydrogens (tertiary/aromatic N) is 2. The Morgan fingerprint density at radius 1 is 1.17 bits per heavy atom. The van der Waals surface area contributed by atoms with Gasteiger partial charge in [0.1, 0.15) is 0 Å². The lowest BCUT2D eigenvalue weighted by Crippen LogP contribution is -2.15. The van der Waals surface area contributed by atoms with Crippen LogP contribution in [0.25, 0.3) is 0 Å². The molecule has 0 aliphatic heterocycles. The molecule has 18 heavy (non-hydrogen) atoms. The molecule has 1 N–H and O–H groups in total. The molecule has 3 heteroatoms. The largest absolute Gasteiger partial charge is 0.312 e. The van der Waals surface area contributed by atoms with Gasteiger partial charge in [-0.05, 0) is 30.9 Å². The first-order valence-corrected chi connectivity index (χ1v) is 6.66. The van der Waals surface area contributed by atoms with Crippen molar-refractivity contribution >= 4 is 0 Å². The summed E-state index contributed by atoms with van der Waals surface area (Å²) >= 11 is 0. The first-order chi connectivity index (χ1) is 8.90. The van der Waals surface area contributed by atoms with Gasteiger partial charge < -0.3 is 5.32 Å². The van der Waals surface area contributed by atoms with Crippen molar-refractivity contribution in [2.24, 2.45) is 5.92 Å². The van der Waals surface area contributed by atoms with Crippen molar-refractivity contribution in [3.8, 4) is 0 Å². The minimum absolute atomic E-state index is 0.851. The molecule has 1 aliphatic carbocycles. The van der Waals surface area contributed by atoms with E-state index in [-0.39, 0.29) is 0 Å². The molecule has 1 heterocycles. The fourth-order valence-electron chi connectivity index (χ4n) is 2.10. The maximum atomic E-state index is 4.40. The Labute approximate surface area is 108 Å². The van der Waals surface area contributed by atoms with Crippen molar-refractivity contribution in [1.29, 1.82) is 0 Å². The lowest BCUT2D eigenvalue weighted by Gasteiger charge is -2.01. The molecule has 94 valence electrons. The summed E-state index contributed by atoms with van der Waals surface area (Å²) in [5.41, 5.74) is 2.56. The van der Waals surface area contributed by atoms with Gasteiger partial charge in [0.2, 0.25) is 0 Å². The number of benzene rings is 1. The monoisotopic (exact) mass is 241 g/mol. The van der Waals surface area contributed by atoms with Crippen molar-refractivity contribution in [1.82, 2.24) is 15.1 Å². The van der Waals surface area contributed by atoms with E-state index in [9.17, 15) is 0 Å². The average molecular weight is 241 g/mol. The van der Waals surface area contributed by atoms with Crippen LogP contribution in [-0.2, 0) is 13.1 Å². The highest BCUT2D eigenvalue weighted by Gasteiger charge is 2.20. The standard InChI is InChI=1S/C15H19N3/c1-2-4-14(5-3-1)11-18-12-15(10-17-18)9-16-8-13-6-7-13/h1-5,10,12-13,16H,6-9,11H2. The van der Waals surface area contributed by atoms with E-state index in [4.69, 9.17) is 0 Å². The minimum Gasteiger partial charge on any atom is -0.312 e. The second-order valence-electron chi connectivity index (χ2n) is 5.11. The van der Waals surface area contributed by atoms with Crippen LogP contribution in [0.2, 0.25) is 0 Å². The van der Waals surface area contributed by atoms with Gasteiger partial charge in [-0.2, -0.15) is 5.10 Å². The van der Waals surface area contributed by atoms with Crippen molar-refractivity contribution in [3.05, 3.63) is 53.9 Å². The number of aromatic nitrogens is 2. The van der Waals surface area contributed by atoms with E-state index in [1.165, 1.54) is 24.0 Å². The Balaban J connectivity index is 1.52.